The first-order valence-electron chi connectivity index (χ1n) is 9.51. The van der Waals surface area contributed by atoms with Gasteiger partial charge in [0.25, 0.3) is 0 Å². The largest absolute Gasteiger partial charge is 0.497 e. The van der Waals surface area contributed by atoms with E-state index in [1.54, 1.807) is 14.2 Å². The van der Waals surface area contributed by atoms with Crippen LogP contribution in [-0.4, -0.2) is 14.2 Å². The SMILES string of the molecule is COc1ccc([NH+]=c2cc(-c3ccccc3)oc3cc(C)cc(C)c23)c(OC)c1. The highest BCUT2D eigenvalue weighted by Gasteiger charge is 2.14. The van der Waals surface area contributed by atoms with Crippen LogP contribution in [0.2, 0.25) is 0 Å². The van der Waals surface area contributed by atoms with Crippen LogP contribution in [0.1, 0.15) is 11.1 Å². The number of rotatable bonds is 4. The molecule has 0 bridgehead atoms. The van der Waals surface area contributed by atoms with Gasteiger partial charge in [-0.2, -0.15) is 0 Å². The van der Waals surface area contributed by atoms with E-state index in [2.05, 4.69) is 31.0 Å². The maximum atomic E-state index is 6.29. The van der Waals surface area contributed by atoms with E-state index in [0.717, 1.165) is 50.2 Å². The summed E-state index contributed by atoms with van der Waals surface area (Å²) in [5.41, 5.74) is 5.05. The molecule has 29 heavy (non-hydrogen) atoms. The van der Waals surface area contributed by atoms with Crippen molar-refractivity contribution >= 4 is 16.7 Å². The first kappa shape index (κ1) is 18.8. The second-order valence-corrected chi connectivity index (χ2v) is 7.04. The van der Waals surface area contributed by atoms with Gasteiger partial charge in [0.1, 0.15) is 17.1 Å². The van der Waals surface area contributed by atoms with Crippen molar-refractivity contribution in [2.75, 3.05) is 14.2 Å². The van der Waals surface area contributed by atoms with Crippen LogP contribution < -0.4 is 19.8 Å². The lowest BCUT2D eigenvalue weighted by atomic mass is 10.0. The zero-order valence-corrected chi connectivity index (χ0v) is 17.1. The molecular formula is C25H24NO3+. The van der Waals surface area contributed by atoms with E-state index in [1.807, 2.05) is 54.6 Å². The van der Waals surface area contributed by atoms with Gasteiger partial charge >= 0.3 is 0 Å². The van der Waals surface area contributed by atoms with Gasteiger partial charge in [-0.3, -0.25) is 0 Å². The standard InChI is InChI=1S/C25H23NO3/c1-16-12-17(2)25-21(26-20-11-10-19(27-3)14-23(20)28-4)15-22(29-24(25)13-16)18-8-6-5-7-9-18/h5-15H,1-4H3/p+1. The van der Waals surface area contributed by atoms with Gasteiger partial charge in [0.05, 0.1) is 25.7 Å². The number of methoxy groups -OCH3 is 2. The third-order valence-corrected chi connectivity index (χ3v) is 4.94. The van der Waals surface area contributed by atoms with Crippen molar-refractivity contribution < 1.29 is 18.9 Å². The molecule has 0 unspecified atom stereocenters. The number of ether oxygens (including phenoxy) is 2. The van der Waals surface area contributed by atoms with Gasteiger partial charge in [-0.1, -0.05) is 36.4 Å². The lowest BCUT2D eigenvalue weighted by Gasteiger charge is -2.07. The first-order chi connectivity index (χ1) is 14.1. The van der Waals surface area contributed by atoms with Crippen molar-refractivity contribution in [2.24, 2.45) is 0 Å². The van der Waals surface area contributed by atoms with Gasteiger partial charge in [-0.25, -0.2) is 4.99 Å². The predicted octanol–water partition coefficient (Wildman–Crippen LogP) is 4.05. The summed E-state index contributed by atoms with van der Waals surface area (Å²) in [5, 5.41) is 2.01. The van der Waals surface area contributed by atoms with Gasteiger partial charge in [-0.05, 0) is 37.1 Å². The van der Waals surface area contributed by atoms with Crippen LogP contribution in [0, 0.1) is 13.8 Å². The maximum Gasteiger partial charge on any atom is 0.246 e. The lowest BCUT2D eigenvalue weighted by molar-refractivity contribution is -0.401. The van der Waals surface area contributed by atoms with E-state index >= 15 is 0 Å². The smallest absolute Gasteiger partial charge is 0.246 e. The van der Waals surface area contributed by atoms with Gasteiger partial charge < -0.3 is 13.9 Å². The Labute approximate surface area is 170 Å². The molecule has 0 atom stereocenters. The minimum absolute atomic E-state index is 0.712. The average Bonchev–Trinajstić information content (AvgIpc) is 2.74. The Bertz CT molecular complexity index is 1240. The number of benzene rings is 3. The second kappa shape index (κ2) is 7.84. The summed E-state index contributed by atoms with van der Waals surface area (Å²) in [5.74, 6) is 2.26. The first-order valence-corrected chi connectivity index (χ1v) is 9.51. The van der Waals surface area contributed by atoms with Crippen molar-refractivity contribution in [3.63, 3.8) is 0 Å². The molecule has 4 nitrogen and oxygen atoms in total. The van der Waals surface area contributed by atoms with Gasteiger partial charge in [-0.15, -0.1) is 0 Å². The van der Waals surface area contributed by atoms with E-state index in [0.29, 0.717) is 5.75 Å². The summed E-state index contributed by atoms with van der Waals surface area (Å²) < 4.78 is 17.2. The molecule has 4 rings (SSSR count). The quantitative estimate of drug-likeness (QED) is 0.576. The molecular weight excluding hydrogens is 362 g/mol. The Hall–Kier alpha value is -3.53. The fraction of sp³-hybridized carbons (Fsp3) is 0.160. The second-order valence-electron chi connectivity index (χ2n) is 7.04. The Morgan fingerprint density at radius 2 is 1.62 bits per heavy atom. The fourth-order valence-electron chi connectivity index (χ4n) is 3.60. The average molecular weight is 386 g/mol. The van der Waals surface area contributed by atoms with E-state index in [-0.39, 0.29) is 0 Å². The molecule has 0 fully saturated rings. The van der Waals surface area contributed by atoms with E-state index in [4.69, 9.17) is 13.9 Å². The predicted molar refractivity (Wildman–Crippen MR) is 114 cm³/mol. The third kappa shape index (κ3) is 3.74. The van der Waals surface area contributed by atoms with Crippen LogP contribution in [0.3, 0.4) is 0 Å². The van der Waals surface area contributed by atoms with Crippen LogP contribution in [0.5, 0.6) is 11.5 Å². The molecule has 1 N–H and O–H groups in total. The highest BCUT2D eigenvalue weighted by Crippen LogP contribution is 2.26. The molecule has 0 spiro atoms. The number of nitrogens with one attached hydrogen (secondary N) is 1. The summed E-state index contributed by atoms with van der Waals surface area (Å²) in [4.78, 5) is 3.55. The molecule has 0 saturated carbocycles. The summed E-state index contributed by atoms with van der Waals surface area (Å²) in [7, 11) is 3.30. The van der Waals surface area contributed by atoms with Crippen LogP contribution in [0.15, 0.2) is 71.1 Å². The summed E-state index contributed by atoms with van der Waals surface area (Å²) in [6.07, 6.45) is 0. The lowest BCUT2D eigenvalue weighted by Crippen LogP contribution is -2.70. The Morgan fingerprint density at radius 3 is 2.34 bits per heavy atom. The molecule has 0 aliphatic carbocycles. The van der Waals surface area contributed by atoms with Crippen molar-refractivity contribution in [2.45, 2.75) is 13.8 Å². The van der Waals surface area contributed by atoms with Gasteiger partial charge in [0.15, 0.2) is 5.75 Å². The van der Waals surface area contributed by atoms with Gasteiger partial charge in [0.2, 0.25) is 11.0 Å². The van der Waals surface area contributed by atoms with E-state index < -0.39 is 0 Å². The molecule has 3 aromatic carbocycles. The number of hydrogen-bond donors (Lipinski definition) is 1. The number of fused-ring (bicyclic) bond motifs is 1. The molecule has 0 saturated heterocycles. The Morgan fingerprint density at radius 1 is 0.828 bits per heavy atom. The Kier molecular flexibility index (Phi) is 5.09. The maximum absolute atomic E-state index is 6.29. The van der Waals surface area contributed by atoms with Crippen molar-refractivity contribution in [1.82, 2.24) is 0 Å². The molecule has 1 heterocycles. The minimum atomic E-state index is 0.712. The molecule has 4 heteroatoms. The van der Waals surface area contributed by atoms with Crippen molar-refractivity contribution in [3.8, 4) is 22.8 Å². The van der Waals surface area contributed by atoms with Crippen LogP contribution in [0.25, 0.3) is 22.3 Å². The normalized spacial score (nSPS) is 11.7. The fourth-order valence-corrected chi connectivity index (χ4v) is 3.60. The molecule has 0 aliphatic heterocycles. The highest BCUT2D eigenvalue weighted by molar-refractivity contribution is 5.82. The van der Waals surface area contributed by atoms with Gasteiger partial charge in [0, 0.05) is 17.7 Å². The van der Waals surface area contributed by atoms with Crippen LogP contribution in [-0.2, 0) is 0 Å². The molecule has 146 valence electrons. The monoisotopic (exact) mass is 386 g/mol. The topological polar surface area (TPSA) is 45.6 Å². The molecule has 4 aromatic rings. The molecule has 0 radical (unpaired) electrons. The number of aryl methyl sites for hydroxylation is 2. The van der Waals surface area contributed by atoms with Crippen molar-refractivity contribution in [3.05, 3.63) is 83.2 Å². The molecule has 0 amide bonds. The molecule has 1 aromatic heterocycles. The third-order valence-electron chi connectivity index (χ3n) is 4.94. The zero-order valence-electron chi connectivity index (χ0n) is 17.1. The van der Waals surface area contributed by atoms with E-state index in [9.17, 15) is 0 Å². The molecule has 0 aliphatic rings. The van der Waals surface area contributed by atoms with Crippen LogP contribution in [0.4, 0.5) is 5.69 Å². The van der Waals surface area contributed by atoms with E-state index in [1.165, 1.54) is 0 Å². The van der Waals surface area contributed by atoms with Crippen molar-refractivity contribution in [1.29, 1.82) is 0 Å². The van der Waals surface area contributed by atoms with Crippen LogP contribution >= 0.6 is 0 Å². The number of hydrogen-bond acceptors (Lipinski definition) is 3. The summed E-state index contributed by atoms with van der Waals surface area (Å²) in [6, 6.07) is 22.1. The Balaban J connectivity index is 2.04. The summed E-state index contributed by atoms with van der Waals surface area (Å²) in [6.45, 7) is 4.18. The summed E-state index contributed by atoms with van der Waals surface area (Å²) >= 11 is 0. The highest BCUT2D eigenvalue weighted by atomic mass is 16.5. The minimum Gasteiger partial charge on any atom is -0.497 e. The zero-order chi connectivity index (χ0) is 20.4.